The lowest BCUT2D eigenvalue weighted by Gasteiger charge is -2.05. The molecule has 1 aromatic heterocycles. The van der Waals surface area contributed by atoms with Crippen molar-refractivity contribution in [1.29, 1.82) is 0 Å². The number of rotatable bonds is 3. The van der Waals surface area contributed by atoms with Gasteiger partial charge in [0.25, 0.3) is 5.91 Å². The third-order valence-corrected chi connectivity index (χ3v) is 2.62. The average molecular weight is 271 g/mol. The first-order valence-corrected chi connectivity index (χ1v) is 5.85. The molecular weight excluding hydrogens is 258 g/mol. The van der Waals surface area contributed by atoms with Gasteiger partial charge in [0.2, 0.25) is 0 Å². The molecule has 0 fully saturated rings. The van der Waals surface area contributed by atoms with Gasteiger partial charge in [-0.3, -0.25) is 9.78 Å². The van der Waals surface area contributed by atoms with Crippen LogP contribution in [-0.2, 0) is 0 Å². The van der Waals surface area contributed by atoms with Crippen LogP contribution in [0.3, 0.4) is 0 Å². The zero-order chi connectivity index (χ0) is 14.5. The molecule has 2 rings (SSSR count). The van der Waals surface area contributed by atoms with Crippen LogP contribution in [0.1, 0.15) is 22.8 Å². The van der Waals surface area contributed by atoms with E-state index in [2.05, 4.69) is 15.5 Å². The van der Waals surface area contributed by atoms with E-state index in [4.69, 9.17) is 0 Å². The van der Waals surface area contributed by atoms with Gasteiger partial charge in [0.15, 0.2) is 0 Å². The molecule has 1 amide bonds. The molecule has 6 heteroatoms. The van der Waals surface area contributed by atoms with Gasteiger partial charge in [0, 0.05) is 18.0 Å². The predicted octanol–water partition coefficient (Wildman–Crippen LogP) is 1.65. The number of carbonyl (C=O) groups excluding carboxylic acids is 1. The van der Waals surface area contributed by atoms with E-state index >= 15 is 0 Å². The summed E-state index contributed by atoms with van der Waals surface area (Å²) in [4.78, 5) is 15.6. The third kappa shape index (κ3) is 3.11. The third-order valence-electron chi connectivity index (χ3n) is 2.62. The zero-order valence-electron chi connectivity index (χ0n) is 10.7. The van der Waals surface area contributed by atoms with E-state index in [-0.39, 0.29) is 11.5 Å². The number of hydrazone groups is 1. The normalized spacial score (nSPS) is 11.2. The van der Waals surface area contributed by atoms with Gasteiger partial charge in [-0.2, -0.15) is 5.10 Å². The van der Waals surface area contributed by atoms with E-state index in [1.807, 2.05) is 0 Å². The fourth-order valence-electron chi connectivity index (χ4n) is 1.57. The molecule has 0 aliphatic rings. The van der Waals surface area contributed by atoms with E-state index in [0.29, 0.717) is 16.8 Å². The summed E-state index contributed by atoms with van der Waals surface area (Å²) in [5, 5.41) is 22.9. The highest BCUT2D eigenvalue weighted by atomic mass is 16.3. The van der Waals surface area contributed by atoms with Gasteiger partial charge in [0.1, 0.15) is 11.5 Å². The number of pyridine rings is 1. The average Bonchev–Trinajstić information content (AvgIpc) is 2.47. The van der Waals surface area contributed by atoms with E-state index in [1.165, 1.54) is 24.4 Å². The van der Waals surface area contributed by atoms with Crippen molar-refractivity contribution in [2.45, 2.75) is 6.92 Å². The van der Waals surface area contributed by atoms with Gasteiger partial charge < -0.3 is 10.2 Å². The van der Waals surface area contributed by atoms with Crippen molar-refractivity contribution in [1.82, 2.24) is 10.4 Å². The Hall–Kier alpha value is -2.89. The van der Waals surface area contributed by atoms with Gasteiger partial charge in [-0.1, -0.05) is 0 Å². The molecule has 0 saturated carbocycles. The molecule has 0 bridgehead atoms. The van der Waals surface area contributed by atoms with Gasteiger partial charge in [-0.15, -0.1) is 0 Å². The van der Waals surface area contributed by atoms with Crippen LogP contribution >= 0.6 is 0 Å². The Labute approximate surface area is 115 Å². The molecule has 20 heavy (non-hydrogen) atoms. The maximum absolute atomic E-state index is 11.8. The molecule has 0 aliphatic heterocycles. The number of aromatic hydroxyl groups is 2. The highest BCUT2D eigenvalue weighted by Gasteiger charge is 2.08. The molecule has 0 aliphatic carbocycles. The summed E-state index contributed by atoms with van der Waals surface area (Å²) < 4.78 is 0. The molecule has 3 N–H and O–H groups in total. The molecule has 2 aromatic rings. The summed E-state index contributed by atoms with van der Waals surface area (Å²) in [5.74, 6) is -0.428. The van der Waals surface area contributed by atoms with E-state index < -0.39 is 5.91 Å². The van der Waals surface area contributed by atoms with Crippen LogP contribution in [0.2, 0.25) is 0 Å². The Morgan fingerprint density at radius 3 is 2.80 bits per heavy atom. The van der Waals surface area contributed by atoms with Crippen molar-refractivity contribution in [3.05, 3.63) is 53.9 Å². The van der Waals surface area contributed by atoms with Crippen molar-refractivity contribution in [2.75, 3.05) is 0 Å². The SMILES string of the molecule is C/C(=N/NC(=O)c1cccnc1)c1cc(O)ccc1O. The lowest BCUT2D eigenvalue weighted by molar-refractivity contribution is 0.0954. The van der Waals surface area contributed by atoms with Gasteiger partial charge in [0.05, 0.1) is 11.3 Å². The van der Waals surface area contributed by atoms with E-state index in [1.54, 1.807) is 25.3 Å². The number of phenolic OH excluding ortho intramolecular Hbond substituents is 2. The van der Waals surface area contributed by atoms with E-state index in [9.17, 15) is 15.0 Å². The van der Waals surface area contributed by atoms with Crippen LogP contribution in [0.5, 0.6) is 11.5 Å². The summed E-state index contributed by atoms with van der Waals surface area (Å²) in [6.45, 7) is 1.61. The van der Waals surface area contributed by atoms with Crippen LogP contribution in [-0.4, -0.2) is 26.8 Å². The van der Waals surface area contributed by atoms with Crippen LogP contribution in [0.4, 0.5) is 0 Å². The second-order valence-corrected chi connectivity index (χ2v) is 4.08. The van der Waals surface area contributed by atoms with E-state index in [0.717, 1.165) is 0 Å². The quantitative estimate of drug-likeness (QED) is 0.449. The summed E-state index contributed by atoms with van der Waals surface area (Å²) in [5.41, 5.74) is 3.45. The Kier molecular flexibility index (Phi) is 3.95. The molecule has 1 heterocycles. The highest BCUT2D eigenvalue weighted by molar-refractivity contribution is 6.02. The molecule has 102 valence electrons. The minimum Gasteiger partial charge on any atom is -0.508 e. The van der Waals surface area contributed by atoms with Crippen LogP contribution in [0, 0.1) is 0 Å². The fourth-order valence-corrected chi connectivity index (χ4v) is 1.57. The highest BCUT2D eigenvalue weighted by Crippen LogP contribution is 2.22. The van der Waals surface area contributed by atoms with Gasteiger partial charge in [-0.05, 0) is 37.3 Å². The maximum Gasteiger partial charge on any atom is 0.272 e. The Balaban J connectivity index is 2.15. The van der Waals surface area contributed by atoms with Crippen molar-refractivity contribution in [3.8, 4) is 11.5 Å². The van der Waals surface area contributed by atoms with Crippen molar-refractivity contribution in [2.24, 2.45) is 5.10 Å². The molecule has 6 nitrogen and oxygen atoms in total. The Morgan fingerprint density at radius 2 is 2.10 bits per heavy atom. The zero-order valence-corrected chi connectivity index (χ0v) is 10.7. The van der Waals surface area contributed by atoms with Crippen LogP contribution < -0.4 is 5.43 Å². The fraction of sp³-hybridized carbons (Fsp3) is 0.0714. The molecule has 0 spiro atoms. The largest absolute Gasteiger partial charge is 0.508 e. The summed E-state index contributed by atoms with van der Waals surface area (Å²) in [6.07, 6.45) is 2.99. The first kappa shape index (κ1) is 13.5. The second-order valence-electron chi connectivity index (χ2n) is 4.08. The number of phenols is 2. The summed E-state index contributed by atoms with van der Waals surface area (Å²) in [7, 11) is 0. The van der Waals surface area contributed by atoms with Crippen molar-refractivity contribution < 1.29 is 15.0 Å². The Bertz CT molecular complexity index is 654. The van der Waals surface area contributed by atoms with Crippen LogP contribution in [0.25, 0.3) is 0 Å². The number of hydrogen-bond donors (Lipinski definition) is 3. The standard InChI is InChI=1S/C14H13N3O3/c1-9(12-7-11(18)4-5-13(12)19)16-17-14(20)10-3-2-6-15-8-10/h2-8,18-19H,1H3,(H,17,20)/b16-9-. The molecule has 1 aromatic carbocycles. The number of hydrogen-bond acceptors (Lipinski definition) is 5. The van der Waals surface area contributed by atoms with Gasteiger partial charge in [-0.25, -0.2) is 5.43 Å². The first-order chi connectivity index (χ1) is 9.58. The maximum atomic E-state index is 11.8. The summed E-state index contributed by atoms with van der Waals surface area (Å²) in [6, 6.07) is 7.34. The number of amides is 1. The molecular formula is C14H13N3O3. The number of carbonyl (C=O) groups is 1. The van der Waals surface area contributed by atoms with Crippen molar-refractivity contribution in [3.63, 3.8) is 0 Å². The first-order valence-electron chi connectivity index (χ1n) is 5.85. The second kappa shape index (κ2) is 5.83. The number of nitrogens with zero attached hydrogens (tertiary/aromatic N) is 2. The lowest BCUT2D eigenvalue weighted by atomic mass is 10.1. The monoisotopic (exact) mass is 271 g/mol. The molecule has 0 unspecified atom stereocenters. The minimum atomic E-state index is -0.405. The van der Waals surface area contributed by atoms with Gasteiger partial charge >= 0.3 is 0 Å². The predicted molar refractivity (Wildman–Crippen MR) is 73.7 cm³/mol. The number of aromatic nitrogens is 1. The molecule has 0 atom stereocenters. The summed E-state index contributed by atoms with van der Waals surface area (Å²) >= 11 is 0. The van der Waals surface area contributed by atoms with Crippen LogP contribution in [0.15, 0.2) is 47.8 Å². The van der Waals surface area contributed by atoms with Crippen molar-refractivity contribution >= 4 is 11.6 Å². The topological polar surface area (TPSA) is 94.8 Å². The molecule has 0 saturated heterocycles. The Morgan fingerprint density at radius 1 is 1.30 bits per heavy atom. The number of benzene rings is 1. The minimum absolute atomic E-state index is 0.00550. The lowest BCUT2D eigenvalue weighted by Crippen LogP contribution is -2.19. The smallest absolute Gasteiger partial charge is 0.272 e. The molecule has 0 radical (unpaired) electrons. The number of nitrogens with one attached hydrogen (secondary N) is 1.